The van der Waals surface area contributed by atoms with Crippen LogP contribution < -0.4 is 5.32 Å². The van der Waals surface area contributed by atoms with Crippen molar-refractivity contribution in [3.63, 3.8) is 0 Å². The molecule has 1 atom stereocenters. The first-order valence-corrected chi connectivity index (χ1v) is 12.6. The fraction of sp³-hybridized carbons (Fsp3) is 0.333. The van der Waals surface area contributed by atoms with Crippen LogP contribution >= 0.6 is 0 Å². The van der Waals surface area contributed by atoms with Gasteiger partial charge in [0.05, 0.1) is 5.92 Å². The molecular weight excluding hydrogens is 494 g/mol. The maximum Gasteiger partial charge on any atom is 0.260 e. The Morgan fingerprint density at radius 1 is 1.00 bits per heavy atom. The van der Waals surface area contributed by atoms with Crippen LogP contribution in [0, 0.1) is 36.8 Å². The van der Waals surface area contributed by atoms with Crippen molar-refractivity contribution in [2.45, 2.75) is 37.6 Å². The number of benzene rings is 3. The molecule has 0 aliphatic carbocycles. The Labute approximate surface area is 220 Å². The number of hydrogen-bond donors (Lipinski definition) is 1. The highest BCUT2D eigenvalue weighted by Crippen LogP contribution is 2.38. The fourth-order valence-electron chi connectivity index (χ4n) is 5.20. The van der Waals surface area contributed by atoms with Crippen molar-refractivity contribution in [1.82, 2.24) is 10.2 Å². The summed E-state index contributed by atoms with van der Waals surface area (Å²) in [6, 6.07) is 13.8. The lowest BCUT2D eigenvalue weighted by Gasteiger charge is -2.34. The van der Waals surface area contributed by atoms with Crippen LogP contribution in [0.2, 0.25) is 0 Å². The molecule has 0 bridgehead atoms. The Hall–Kier alpha value is -3.70. The summed E-state index contributed by atoms with van der Waals surface area (Å²) in [7, 11) is 0. The van der Waals surface area contributed by atoms with Gasteiger partial charge in [-0.1, -0.05) is 36.4 Å². The molecule has 0 spiro atoms. The molecule has 1 fully saturated rings. The van der Waals surface area contributed by atoms with Gasteiger partial charge in [0.2, 0.25) is 5.91 Å². The molecule has 38 heavy (non-hydrogen) atoms. The molecule has 1 N–H and O–H groups in total. The molecule has 8 heteroatoms. The van der Waals surface area contributed by atoms with Gasteiger partial charge < -0.3 is 15.1 Å². The molecule has 1 saturated heterocycles. The normalized spacial score (nSPS) is 16.0. The molecule has 198 valence electrons. The maximum absolute atomic E-state index is 14.6. The molecule has 3 aromatic rings. The number of likely N-dealkylation sites (tertiary alicyclic amines) is 1. The molecule has 0 saturated carbocycles. The SMILES string of the molecule is [C-]#[N+]C1(c2ccccc2C)CCN(CCCNC(=O)C(c2ccc(F)c(F)c2)c2ccc(F)cc2F)CC1. The van der Waals surface area contributed by atoms with Crippen LogP contribution in [0.25, 0.3) is 4.85 Å². The molecule has 1 aliphatic heterocycles. The van der Waals surface area contributed by atoms with Crippen molar-refractivity contribution in [3.8, 4) is 0 Å². The Kier molecular flexibility index (Phi) is 8.48. The first-order chi connectivity index (χ1) is 18.2. The number of nitrogens with one attached hydrogen (secondary N) is 1. The lowest BCUT2D eigenvalue weighted by atomic mass is 9.79. The number of carbonyl (C=O) groups is 1. The third kappa shape index (κ3) is 5.89. The number of piperidine rings is 1. The van der Waals surface area contributed by atoms with E-state index < -0.39 is 40.6 Å². The second-order valence-electron chi connectivity index (χ2n) is 9.72. The lowest BCUT2D eigenvalue weighted by Crippen LogP contribution is -2.42. The van der Waals surface area contributed by atoms with Gasteiger partial charge in [-0.3, -0.25) is 4.79 Å². The molecule has 4 nitrogen and oxygen atoms in total. The zero-order valence-corrected chi connectivity index (χ0v) is 21.1. The Balaban J connectivity index is 1.37. The second-order valence-corrected chi connectivity index (χ2v) is 9.72. The summed E-state index contributed by atoms with van der Waals surface area (Å²) in [6.07, 6.45) is 2.04. The van der Waals surface area contributed by atoms with E-state index in [1.165, 1.54) is 6.07 Å². The van der Waals surface area contributed by atoms with Gasteiger partial charge in [-0.15, -0.1) is 0 Å². The zero-order chi connectivity index (χ0) is 27.3. The topological polar surface area (TPSA) is 36.7 Å². The van der Waals surface area contributed by atoms with E-state index in [0.717, 1.165) is 61.3 Å². The number of carbonyl (C=O) groups excluding carboxylic acids is 1. The van der Waals surface area contributed by atoms with Crippen molar-refractivity contribution < 1.29 is 22.4 Å². The van der Waals surface area contributed by atoms with Crippen LogP contribution in [0.1, 0.15) is 47.4 Å². The first-order valence-electron chi connectivity index (χ1n) is 12.6. The van der Waals surface area contributed by atoms with Crippen molar-refractivity contribution in [3.05, 3.63) is 118 Å². The van der Waals surface area contributed by atoms with Crippen LogP contribution in [-0.4, -0.2) is 37.0 Å². The molecule has 4 rings (SSSR count). The van der Waals surface area contributed by atoms with Crippen molar-refractivity contribution >= 4 is 5.91 Å². The number of nitrogens with zero attached hydrogens (tertiary/aromatic N) is 2. The van der Waals surface area contributed by atoms with Crippen LogP contribution in [0.5, 0.6) is 0 Å². The van der Waals surface area contributed by atoms with Gasteiger partial charge in [0.25, 0.3) is 5.54 Å². The number of rotatable bonds is 8. The quantitative estimate of drug-likeness (QED) is 0.220. The molecule has 0 aromatic heterocycles. The number of aryl methyl sites for hydroxylation is 1. The van der Waals surface area contributed by atoms with Crippen molar-refractivity contribution in [1.29, 1.82) is 0 Å². The molecule has 1 unspecified atom stereocenters. The Morgan fingerprint density at radius 3 is 2.39 bits per heavy atom. The standard InChI is InChI=1S/C30H29F4N3O/c1-20-6-3-4-7-24(20)30(35-2)12-16-37(17-13-30)15-5-14-36-29(38)28(21-8-11-25(32)27(34)18-21)23-10-9-22(31)19-26(23)33/h3-4,6-11,18-19,28H,5,12-17H2,1H3,(H,36,38). The highest BCUT2D eigenvalue weighted by molar-refractivity contribution is 5.87. The van der Waals surface area contributed by atoms with E-state index >= 15 is 0 Å². The van der Waals surface area contributed by atoms with Gasteiger partial charge in [-0.2, -0.15) is 0 Å². The van der Waals surface area contributed by atoms with E-state index in [1.807, 2.05) is 31.2 Å². The second kappa shape index (κ2) is 11.8. The Bertz CT molecular complexity index is 1350. The van der Waals surface area contributed by atoms with E-state index in [2.05, 4.69) is 15.1 Å². The summed E-state index contributed by atoms with van der Waals surface area (Å²) in [5.41, 5.74) is 1.62. The first kappa shape index (κ1) is 27.3. The van der Waals surface area contributed by atoms with Crippen LogP contribution in [0.15, 0.2) is 60.7 Å². The summed E-state index contributed by atoms with van der Waals surface area (Å²) < 4.78 is 55.5. The van der Waals surface area contributed by atoms with E-state index in [0.29, 0.717) is 19.0 Å². The van der Waals surface area contributed by atoms with Gasteiger partial charge in [0, 0.05) is 49.7 Å². The fourth-order valence-corrected chi connectivity index (χ4v) is 5.20. The van der Waals surface area contributed by atoms with Crippen molar-refractivity contribution in [2.24, 2.45) is 0 Å². The van der Waals surface area contributed by atoms with Gasteiger partial charge >= 0.3 is 0 Å². The molecular formula is C30H29F4N3O. The molecule has 0 radical (unpaired) electrons. The molecule has 3 aromatic carbocycles. The smallest absolute Gasteiger partial charge is 0.260 e. The van der Waals surface area contributed by atoms with E-state index in [9.17, 15) is 22.4 Å². The van der Waals surface area contributed by atoms with Gasteiger partial charge in [-0.25, -0.2) is 24.1 Å². The third-order valence-corrected chi connectivity index (χ3v) is 7.31. The molecule has 1 amide bonds. The molecule has 1 aliphatic rings. The van der Waals surface area contributed by atoms with Crippen LogP contribution in [0.4, 0.5) is 17.6 Å². The summed E-state index contributed by atoms with van der Waals surface area (Å²) in [4.78, 5) is 19.4. The van der Waals surface area contributed by atoms with Crippen LogP contribution in [0.3, 0.4) is 0 Å². The van der Waals surface area contributed by atoms with Gasteiger partial charge in [0.15, 0.2) is 11.6 Å². The molecule has 1 heterocycles. The largest absolute Gasteiger partial charge is 0.355 e. The minimum Gasteiger partial charge on any atom is -0.355 e. The summed E-state index contributed by atoms with van der Waals surface area (Å²) in [6.45, 7) is 12.4. The van der Waals surface area contributed by atoms with Crippen LogP contribution in [-0.2, 0) is 10.3 Å². The van der Waals surface area contributed by atoms with E-state index in [1.54, 1.807) is 0 Å². The maximum atomic E-state index is 14.6. The minimum absolute atomic E-state index is 0.0645. The predicted octanol–water partition coefficient (Wildman–Crippen LogP) is 6.10. The number of halogens is 4. The highest BCUT2D eigenvalue weighted by atomic mass is 19.2. The summed E-state index contributed by atoms with van der Waals surface area (Å²) in [5, 5.41) is 2.77. The monoisotopic (exact) mass is 523 g/mol. The highest BCUT2D eigenvalue weighted by Gasteiger charge is 2.43. The predicted molar refractivity (Wildman–Crippen MR) is 137 cm³/mol. The zero-order valence-electron chi connectivity index (χ0n) is 21.1. The summed E-state index contributed by atoms with van der Waals surface area (Å²) in [5.74, 6) is -5.85. The van der Waals surface area contributed by atoms with Gasteiger partial charge in [-0.05, 0) is 49.2 Å². The third-order valence-electron chi connectivity index (χ3n) is 7.31. The summed E-state index contributed by atoms with van der Waals surface area (Å²) >= 11 is 0. The Morgan fingerprint density at radius 2 is 1.74 bits per heavy atom. The van der Waals surface area contributed by atoms with Crippen molar-refractivity contribution in [2.75, 3.05) is 26.2 Å². The van der Waals surface area contributed by atoms with E-state index in [4.69, 9.17) is 6.57 Å². The lowest BCUT2D eigenvalue weighted by molar-refractivity contribution is -0.121. The minimum atomic E-state index is -1.27. The number of hydrogen-bond acceptors (Lipinski definition) is 2. The average Bonchev–Trinajstić information content (AvgIpc) is 2.91. The van der Waals surface area contributed by atoms with E-state index in [-0.39, 0.29) is 17.7 Å². The number of amides is 1. The van der Waals surface area contributed by atoms with Gasteiger partial charge in [0.1, 0.15) is 11.6 Å². The average molecular weight is 524 g/mol.